The number of hydrogen-bond acceptors (Lipinski definition) is 3. The summed E-state index contributed by atoms with van der Waals surface area (Å²) in [6.45, 7) is 2.75. The number of rotatable bonds is 3. The maximum absolute atomic E-state index is 11.8. The molecule has 98 valence electrons. The molecule has 1 atom stereocenters. The Kier molecular flexibility index (Phi) is 2.93. The van der Waals surface area contributed by atoms with Crippen molar-refractivity contribution in [2.24, 2.45) is 0 Å². The zero-order valence-corrected chi connectivity index (χ0v) is 10.8. The topological polar surface area (TPSA) is 72.0 Å². The molecule has 5 nitrogen and oxygen atoms in total. The molecule has 0 amide bonds. The minimum atomic E-state index is -3.06. The molecule has 17 heavy (non-hydrogen) atoms. The van der Waals surface area contributed by atoms with E-state index < -0.39 is 10.0 Å². The molecule has 1 aliphatic carbocycles. The second kappa shape index (κ2) is 4.19. The lowest BCUT2D eigenvalue weighted by molar-refractivity contribution is -0.668. The van der Waals surface area contributed by atoms with Crippen molar-refractivity contribution in [3.8, 4) is 0 Å². The maximum atomic E-state index is 11.8. The van der Waals surface area contributed by atoms with Crippen LogP contribution in [-0.2, 0) is 14.8 Å². The van der Waals surface area contributed by atoms with Gasteiger partial charge in [0, 0.05) is 18.9 Å². The van der Waals surface area contributed by atoms with Crippen molar-refractivity contribution in [1.82, 2.24) is 4.72 Å². The van der Waals surface area contributed by atoms with Gasteiger partial charge in [0.05, 0.1) is 30.5 Å². The van der Waals surface area contributed by atoms with Crippen LogP contribution in [0.1, 0.15) is 32.1 Å². The Morgan fingerprint density at radius 3 is 2.59 bits per heavy atom. The molecule has 0 aromatic rings. The number of nitrogens with two attached hydrogens (primary N) is 1. The van der Waals surface area contributed by atoms with E-state index in [4.69, 9.17) is 4.74 Å². The second-order valence-electron chi connectivity index (χ2n) is 5.62. The molecule has 0 aromatic carbocycles. The molecule has 3 rings (SSSR count). The number of ether oxygens (including phenoxy) is 1. The molecular formula is C11H21N2O3S+. The Bertz CT molecular complexity index is 386. The lowest BCUT2D eigenvalue weighted by Gasteiger charge is -2.30. The van der Waals surface area contributed by atoms with Crippen LogP contribution in [0.5, 0.6) is 0 Å². The number of hydrogen-bond donors (Lipinski definition) is 2. The third kappa shape index (κ3) is 2.50. The summed E-state index contributed by atoms with van der Waals surface area (Å²) in [7, 11) is -3.06. The van der Waals surface area contributed by atoms with E-state index in [1.54, 1.807) is 0 Å². The van der Waals surface area contributed by atoms with Crippen molar-refractivity contribution in [3.05, 3.63) is 0 Å². The molecule has 6 heteroatoms. The molecule has 2 aliphatic heterocycles. The van der Waals surface area contributed by atoms with Gasteiger partial charge in [-0.3, -0.25) is 0 Å². The fourth-order valence-corrected chi connectivity index (χ4v) is 4.54. The number of nitrogens with one attached hydrogen (secondary N) is 1. The van der Waals surface area contributed by atoms with E-state index in [9.17, 15) is 8.42 Å². The lowest BCUT2D eigenvalue weighted by atomic mass is 9.88. The van der Waals surface area contributed by atoms with Gasteiger partial charge in [0.1, 0.15) is 0 Å². The summed E-state index contributed by atoms with van der Waals surface area (Å²) in [5.74, 6) is 0. The molecular weight excluding hydrogens is 240 g/mol. The molecule has 1 spiro atoms. The van der Waals surface area contributed by atoms with Crippen molar-refractivity contribution in [1.29, 1.82) is 0 Å². The zero-order valence-electron chi connectivity index (χ0n) is 10.0. The minimum Gasteiger partial charge on any atom is -0.373 e. The van der Waals surface area contributed by atoms with Crippen LogP contribution in [0.25, 0.3) is 0 Å². The molecule has 3 aliphatic rings. The van der Waals surface area contributed by atoms with Crippen LogP contribution in [-0.4, -0.2) is 45.0 Å². The number of piperidine rings is 1. The van der Waals surface area contributed by atoms with Crippen LogP contribution in [0.2, 0.25) is 0 Å². The maximum Gasteiger partial charge on any atom is 0.214 e. The van der Waals surface area contributed by atoms with Crippen LogP contribution >= 0.6 is 0 Å². The summed E-state index contributed by atoms with van der Waals surface area (Å²) in [5.41, 5.74) is -0.0362. The molecule has 3 N–H and O–H groups in total. The smallest absolute Gasteiger partial charge is 0.214 e. The van der Waals surface area contributed by atoms with Crippen molar-refractivity contribution < 1.29 is 18.5 Å². The third-order valence-corrected chi connectivity index (χ3v) is 6.12. The molecule has 0 radical (unpaired) electrons. The zero-order chi connectivity index (χ0) is 11.9. The van der Waals surface area contributed by atoms with Gasteiger partial charge >= 0.3 is 0 Å². The molecule has 3 fully saturated rings. The van der Waals surface area contributed by atoms with Gasteiger partial charge in [0.25, 0.3) is 0 Å². The van der Waals surface area contributed by atoms with Crippen molar-refractivity contribution in [2.75, 3.05) is 19.7 Å². The standard InChI is InChI=1S/C11H20N2O3S/c14-17(15,10-1-2-10)13-9-7-11(16-8-9)3-5-12-6-4-11/h9-10,12-13H,1-8H2/p+1/t9-/m1/s1. The molecule has 0 aromatic heterocycles. The molecule has 0 unspecified atom stereocenters. The quantitative estimate of drug-likeness (QED) is 0.681. The Morgan fingerprint density at radius 1 is 1.24 bits per heavy atom. The van der Waals surface area contributed by atoms with E-state index in [-0.39, 0.29) is 16.9 Å². The Balaban J connectivity index is 1.60. The fraction of sp³-hybridized carbons (Fsp3) is 1.00. The summed E-state index contributed by atoms with van der Waals surface area (Å²) in [6, 6.07) is -0.00120. The van der Waals surface area contributed by atoms with Gasteiger partial charge in [-0.05, 0) is 19.3 Å². The first-order valence-electron chi connectivity index (χ1n) is 6.56. The normalized spacial score (nSPS) is 33.1. The van der Waals surface area contributed by atoms with Crippen LogP contribution in [0.3, 0.4) is 0 Å². The van der Waals surface area contributed by atoms with Crippen LogP contribution in [0, 0.1) is 0 Å². The Labute approximate surface area is 102 Å². The monoisotopic (exact) mass is 261 g/mol. The second-order valence-corrected chi connectivity index (χ2v) is 7.62. The molecule has 0 bridgehead atoms. The average Bonchev–Trinajstić information content (AvgIpc) is 3.07. The van der Waals surface area contributed by atoms with Gasteiger partial charge in [-0.25, -0.2) is 13.1 Å². The van der Waals surface area contributed by atoms with E-state index in [2.05, 4.69) is 10.0 Å². The first kappa shape index (κ1) is 11.9. The highest BCUT2D eigenvalue weighted by Crippen LogP contribution is 2.34. The summed E-state index contributed by atoms with van der Waals surface area (Å²) in [5, 5.41) is 2.18. The molecule has 2 saturated heterocycles. The highest BCUT2D eigenvalue weighted by atomic mass is 32.2. The van der Waals surface area contributed by atoms with Gasteiger partial charge < -0.3 is 10.1 Å². The van der Waals surface area contributed by atoms with Crippen LogP contribution < -0.4 is 10.0 Å². The summed E-state index contributed by atoms with van der Waals surface area (Å²) >= 11 is 0. The summed E-state index contributed by atoms with van der Waals surface area (Å²) < 4.78 is 32.4. The number of sulfonamides is 1. The fourth-order valence-electron chi connectivity index (χ4n) is 2.97. The Hall–Kier alpha value is -0.170. The average molecular weight is 261 g/mol. The number of quaternary nitrogens is 1. The Morgan fingerprint density at radius 2 is 1.94 bits per heavy atom. The first-order valence-corrected chi connectivity index (χ1v) is 8.11. The van der Waals surface area contributed by atoms with Crippen LogP contribution in [0.4, 0.5) is 0 Å². The van der Waals surface area contributed by atoms with E-state index in [0.717, 1.165) is 45.2 Å². The van der Waals surface area contributed by atoms with Gasteiger partial charge in [-0.15, -0.1) is 0 Å². The summed E-state index contributed by atoms with van der Waals surface area (Å²) in [6.07, 6.45) is 4.60. The highest BCUT2D eigenvalue weighted by molar-refractivity contribution is 7.90. The third-order valence-electron chi connectivity index (χ3n) is 4.11. The molecule has 2 heterocycles. The van der Waals surface area contributed by atoms with E-state index in [0.29, 0.717) is 6.61 Å². The van der Waals surface area contributed by atoms with Gasteiger partial charge in [-0.2, -0.15) is 0 Å². The van der Waals surface area contributed by atoms with E-state index in [1.807, 2.05) is 0 Å². The lowest BCUT2D eigenvalue weighted by Crippen LogP contribution is -2.87. The van der Waals surface area contributed by atoms with Crippen molar-refractivity contribution in [2.45, 2.75) is 49.0 Å². The van der Waals surface area contributed by atoms with Crippen LogP contribution in [0.15, 0.2) is 0 Å². The minimum absolute atomic E-state index is 0.00120. The predicted octanol–water partition coefficient (Wildman–Crippen LogP) is -1.05. The van der Waals surface area contributed by atoms with Gasteiger partial charge in [0.15, 0.2) is 0 Å². The van der Waals surface area contributed by atoms with Gasteiger partial charge in [0.2, 0.25) is 10.0 Å². The highest BCUT2D eigenvalue weighted by Gasteiger charge is 2.45. The van der Waals surface area contributed by atoms with Gasteiger partial charge in [-0.1, -0.05) is 0 Å². The van der Waals surface area contributed by atoms with E-state index >= 15 is 0 Å². The predicted molar refractivity (Wildman–Crippen MR) is 63.1 cm³/mol. The largest absolute Gasteiger partial charge is 0.373 e. The van der Waals surface area contributed by atoms with E-state index in [1.165, 1.54) is 0 Å². The molecule has 1 saturated carbocycles. The summed E-state index contributed by atoms with van der Waals surface area (Å²) in [4.78, 5) is 0. The van der Waals surface area contributed by atoms with Crippen molar-refractivity contribution >= 4 is 10.0 Å². The SMILES string of the molecule is O=S(=O)(N[C@H]1COC2(CC[NH2+]CC2)C1)C1CC1. The first-order chi connectivity index (χ1) is 8.10. The van der Waals surface area contributed by atoms with Crippen molar-refractivity contribution in [3.63, 3.8) is 0 Å².